The first-order valence-corrected chi connectivity index (χ1v) is 5.47. The SMILES string of the molecule is O=C1NCCC1Cc1ccc(Cl)s1. The summed E-state index contributed by atoms with van der Waals surface area (Å²) < 4.78 is 0.799. The number of nitrogens with one attached hydrogen (secondary N) is 1. The van der Waals surface area contributed by atoms with E-state index in [0.29, 0.717) is 0 Å². The van der Waals surface area contributed by atoms with Crippen LogP contribution in [-0.4, -0.2) is 12.5 Å². The first-order chi connectivity index (χ1) is 6.25. The summed E-state index contributed by atoms with van der Waals surface area (Å²) in [5, 5.41) is 2.83. The van der Waals surface area contributed by atoms with Gasteiger partial charge in [0.05, 0.1) is 4.34 Å². The second-order valence-corrected chi connectivity index (χ2v) is 4.99. The molecule has 0 aliphatic carbocycles. The molecular formula is C9H10ClNOS. The van der Waals surface area contributed by atoms with Crippen molar-refractivity contribution in [3.63, 3.8) is 0 Å². The third-order valence-corrected chi connectivity index (χ3v) is 3.49. The van der Waals surface area contributed by atoms with Gasteiger partial charge >= 0.3 is 0 Å². The molecule has 1 atom stereocenters. The van der Waals surface area contributed by atoms with E-state index in [4.69, 9.17) is 11.6 Å². The summed E-state index contributed by atoms with van der Waals surface area (Å²) >= 11 is 7.36. The monoisotopic (exact) mass is 215 g/mol. The van der Waals surface area contributed by atoms with Crippen molar-refractivity contribution in [2.24, 2.45) is 5.92 Å². The van der Waals surface area contributed by atoms with Gasteiger partial charge in [-0.2, -0.15) is 0 Å². The van der Waals surface area contributed by atoms with Crippen LogP contribution in [0.4, 0.5) is 0 Å². The van der Waals surface area contributed by atoms with Crippen LogP contribution >= 0.6 is 22.9 Å². The highest BCUT2D eigenvalue weighted by molar-refractivity contribution is 7.16. The van der Waals surface area contributed by atoms with Crippen molar-refractivity contribution in [3.8, 4) is 0 Å². The van der Waals surface area contributed by atoms with Crippen LogP contribution in [0.5, 0.6) is 0 Å². The van der Waals surface area contributed by atoms with Crippen molar-refractivity contribution in [2.45, 2.75) is 12.8 Å². The standard InChI is InChI=1S/C9H10ClNOS/c10-8-2-1-7(13-8)5-6-3-4-11-9(6)12/h1-2,6H,3-5H2,(H,11,12). The molecule has 1 fully saturated rings. The van der Waals surface area contributed by atoms with Crippen LogP contribution in [-0.2, 0) is 11.2 Å². The molecule has 2 heterocycles. The molecule has 1 aliphatic heterocycles. The topological polar surface area (TPSA) is 29.1 Å². The molecule has 0 saturated carbocycles. The minimum atomic E-state index is 0.162. The van der Waals surface area contributed by atoms with Gasteiger partial charge in [-0.25, -0.2) is 0 Å². The van der Waals surface area contributed by atoms with Crippen LogP contribution in [0.2, 0.25) is 4.34 Å². The third kappa shape index (κ3) is 2.03. The van der Waals surface area contributed by atoms with E-state index in [1.165, 1.54) is 4.88 Å². The minimum absolute atomic E-state index is 0.162. The van der Waals surface area contributed by atoms with Gasteiger partial charge in [-0.3, -0.25) is 4.79 Å². The highest BCUT2D eigenvalue weighted by Crippen LogP contribution is 2.25. The largest absolute Gasteiger partial charge is 0.356 e. The number of rotatable bonds is 2. The fourth-order valence-electron chi connectivity index (χ4n) is 1.54. The zero-order valence-electron chi connectivity index (χ0n) is 7.05. The summed E-state index contributed by atoms with van der Waals surface area (Å²) in [5.74, 6) is 0.347. The lowest BCUT2D eigenvalue weighted by Gasteiger charge is -2.02. The number of halogens is 1. The number of carbonyl (C=O) groups excluding carboxylic acids is 1. The quantitative estimate of drug-likeness (QED) is 0.804. The predicted octanol–water partition coefficient (Wildman–Crippen LogP) is 2.08. The van der Waals surface area contributed by atoms with E-state index in [9.17, 15) is 4.79 Å². The zero-order valence-corrected chi connectivity index (χ0v) is 8.62. The summed E-state index contributed by atoms with van der Waals surface area (Å²) in [6.45, 7) is 0.822. The number of hydrogen-bond donors (Lipinski definition) is 1. The van der Waals surface area contributed by atoms with Gasteiger partial charge in [-0.05, 0) is 25.0 Å². The lowest BCUT2D eigenvalue weighted by Crippen LogP contribution is -2.20. The molecule has 2 rings (SSSR count). The maximum Gasteiger partial charge on any atom is 0.223 e. The van der Waals surface area contributed by atoms with Gasteiger partial charge in [0.2, 0.25) is 5.91 Å². The van der Waals surface area contributed by atoms with Crippen molar-refractivity contribution in [3.05, 3.63) is 21.3 Å². The van der Waals surface area contributed by atoms with Crippen LogP contribution in [0.15, 0.2) is 12.1 Å². The molecule has 0 radical (unpaired) electrons. The number of hydrogen-bond acceptors (Lipinski definition) is 2. The van der Waals surface area contributed by atoms with Crippen LogP contribution in [0.1, 0.15) is 11.3 Å². The van der Waals surface area contributed by atoms with E-state index in [1.54, 1.807) is 11.3 Å². The Morgan fingerprint density at radius 1 is 1.62 bits per heavy atom. The van der Waals surface area contributed by atoms with E-state index in [2.05, 4.69) is 5.32 Å². The van der Waals surface area contributed by atoms with Gasteiger partial charge in [-0.1, -0.05) is 11.6 Å². The Kier molecular flexibility index (Phi) is 2.56. The zero-order chi connectivity index (χ0) is 9.26. The molecule has 1 aliphatic rings. The summed E-state index contributed by atoms with van der Waals surface area (Å²) in [7, 11) is 0. The molecule has 13 heavy (non-hydrogen) atoms. The van der Waals surface area contributed by atoms with Crippen molar-refractivity contribution in [1.82, 2.24) is 5.32 Å². The summed E-state index contributed by atoms with van der Waals surface area (Å²) in [4.78, 5) is 12.4. The van der Waals surface area contributed by atoms with E-state index < -0.39 is 0 Å². The maximum absolute atomic E-state index is 11.2. The van der Waals surface area contributed by atoms with E-state index in [1.807, 2.05) is 12.1 Å². The number of amides is 1. The normalized spacial score (nSPS) is 21.9. The van der Waals surface area contributed by atoms with Crippen LogP contribution in [0.3, 0.4) is 0 Å². The second kappa shape index (κ2) is 3.68. The Balaban J connectivity index is 2.01. The number of thiophene rings is 1. The van der Waals surface area contributed by atoms with Gasteiger partial charge in [-0.15, -0.1) is 11.3 Å². The highest BCUT2D eigenvalue weighted by atomic mass is 35.5. The molecule has 4 heteroatoms. The van der Waals surface area contributed by atoms with Crippen LogP contribution < -0.4 is 5.32 Å². The minimum Gasteiger partial charge on any atom is -0.356 e. The van der Waals surface area contributed by atoms with Crippen molar-refractivity contribution < 1.29 is 4.79 Å². The highest BCUT2D eigenvalue weighted by Gasteiger charge is 2.24. The Bertz CT molecular complexity index is 323. The Hall–Kier alpha value is -0.540. The van der Waals surface area contributed by atoms with Gasteiger partial charge in [0, 0.05) is 17.3 Å². The first kappa shape index (κ1) is 9.03. The van der Waals surface area contributed by atoms with Crippen molar-refractivity contribution >= 4 is 28.8 Å². The summed E-state index contributed by atoms with van der Waals surface area (Å²) in [6.07, 6.45) is 1.79. The molecule has 1 unspecified atom stereocenters. The van der Waals surface area contributed by atoms with Gasteiger partial charge in [0.25, 0.3) is 0 Å². The van der Waals surface area contributed by atoms with Gasteiger partial charge < -0.3 is 5.32 Å². The molecule has 0 spiro atoms. The average Bonchev–Trinajstić information content (AvgIpc) is 2.64. The van der Waals surface area contributed by atoms with E-state index >= 15 is 0 Å². The fraction of sp³-hybridized carbons (Fsp3) is 0.444. The van der Waals surface area contributed by atoms with Crippen LogP contribution in [0, 0.1) is 5.92 Å². The molecule has 1 N–H and O–H groups in total. The molecule has 1 amide bonds. The Labute approximate surface area is 85.9 Å². The van der Waals surface area contributed by atoms with E-state index in [0.717, 1.165) is 23.7 Å². The molecular weight excluding hydrogens is 206 g/mol. The fourth-order valence-corrected chi connectivity index (χ4v) is 2.71. The smallest absolute Gasteiger partial charge is 0.223 e. The Morgan fingerprint density at radius 3 is 3.00 bits per heavy atom. The summed E-state index contributed by atoms with van der Waals surface area (Å²) in [6, 6.07) is 3.88. The molecule has 0 bridgehead atoms. The molecule has 1 saturated heterocycles. The molecule has 1 aromatic rings. The Morgan fingerprint density at radius 2 is 2.46 bits per heavy atom. The van der Waals surface area contributed by atoms with Crippen LogP contribution in [0.25, 0.3) is 0 Å². The number of carbonyl (C=O) groups is 1. The van der Waals surface area contributed by atoms with E-state index in [-0.39, 0.29) is 11.8 Å². The predicted molar refractivity (Wildman–Crippen MR) is 54.1 cm³/mol. The lowest BCUT2D eigenvalue weighted by atomic mass is 10.0. The third-order valence-electron chi connectivity index (χ3n) is 2.24. The molecule has 2 nitrogen and oxygen atoms in total. The summed E-state index contributed by atoms with van der Waals surface area (Å²) in [5.41, 5.74) is 0. The molecule has 0 aromatic carbocycles. The lowest BCUT2D eigenvalue weighted by molar-refractivity contribution is -0.122. The van der Waals surface area contributed by atoms with Gasteiger partial charge in [0.1, 0.15) is 0 Å². The average molecular weight is 216 g/mol. The van der Waals surface area contributed by atoms with Crippen molar-refractivity contribution in [2.75, 3.05) is 6.54 Å². The second-order valence-electron chi connectivity index (χ2n) is 3.19. The maximum atomic E-state index is 11.2. The molecule has 70 valence electrons. The van der Waals surface area contributed by atoms with Gasteiger partial charge in [0.15, 0.2) is 0 Å². The van der Waals surface area contributed by atoms with Crippen molar-refractivity contribution in [1.29, 1.82) is 0 Å². The molecule has 1 aromatic heterocycles. The first-order valence-electron chi connectivity index (χ1n) is 4.27.